The lowest BCUT2D eigenvalue weighted by atomic mass is 9.74. The molecule has 0 aliphatic carbocycles. The van der Waals surface area contributed by atoms with Crippen molar-refractivity contribution in [1.82, 2.24) is 4.90 Å². The maximum atomic E-state index is 14.7. The Bertz CT molecular complexity index is 1560. The summed E-state index contributed by atoms with van der Waals surface area (Å²) in [6.45, 7) is 2.55. The highest BCUT2D eigenvalue weighted by Crippen LogP contribution is 2.48. The van der Waals surface area contributed by atoms with Gasteiger partial charge in [0.05, 0.1) is 27.9 Å². The Labute approximate surface area is 208 Å². The summed E-state index contributed by atoms with van der Waals surface area (Å²) in [7, 11) is 1.25. The van der Waals surface area contributed by atoms with Crippen LogP contribution < -0.4 is 4.90 Å². The van der Waals surface area contributed by atoms with Crippen molar-refractivity contribution < 1.29 is 37.5 Å². The second-order valence-corrected chi connectivity index (χ2v) is 9.23. The minimum atomic E-state index is -4.87. The van der Waals surface area contributed by atoms with Crippen LogP contribution in [-0.4, -0.2) is 46.9 Å². The van der Waals surface area contributed by atoms with E-state index in [9.17, 15) is 37.5 Å². The van der Waals surface area contributed by atoms with Crippen LogP contribution in [0.3, 0.4) is 0 Å². The lowest BCUT2D eigenvalue weighted by Gasteiger charge is -2.33. The van der Waals surface area contributed by atoms with Gasteiger partial charge in [0.1, 0.15) is 11.2 Å². The number of imide groups is 2. The molecule has 1 N–H and O–H groups in total. The largest absolute Gasteiger partial charge is 0.508 e. The molecular weight excluding hydrogens is 489 g/mol. The molecule has 0 saturated heterocycles. The van der Waals surface area contributed by atoms with Gasteiger partial charge in [-0.1, -0.05) is 18.2 Å². The van der Waals surface area contributed by atoms with E-state index in [1.54, 1.807) is 6.92 Å². The van der Waals surface area contributed by atoms with Gasteiger partial charge in [0.2, 0.25) is 0 Å². The molecule has 1 unspecified atom stereocenters. The number of carbonyl (C=O) groups is 4. The molecule has 1 atom stereocenters. The number of halogens is 3. The molecular formula is C27H19F3N2O5. The van der Waals surface area contributed by atoms with Gasteiger partial charge in [-0.3, -0.25) is 24.1 Å². The molecule has 0 radical (unpaired) electrons. The zero-order valence-corrected chi connectivity index (χ0v) is 19.8. The average molecular weight is 508 g/mol. The van der Waals surface area contributed by atoms with Crippen molar-refractivity contribution in [2.45, 2.75) is 25.4 Å². The van der Waals surface area contributed by atoms with Crippen LogP contribution in [0.25, 0.3) is 0 Å². The Balaban J connectivity index is 1.63. The Hall–Kier alpha value is -4.47. The fourth-order valence-electron chi connectivity index (χ4n) is 4.69. The first-order valence-corrected chi connectivity index (χ1v) is 11.1. The molecule has 0 aromatic heterocycles. The minimum absolute atomic E-state index is 0.00694. The SMILES string of the molecule is Cc1ccc(N2C(=O)c3ccc(C(C)(c4ccc5c(c4)C(=O)N(C)C5=O)C(F)(F)F)cc3C2=O)cc1O. The number of aromatic hydroxyl groups is 1. The number of carbonyl (C=O) groups excluding carboxylic acids is 4. The van der Waals surface area contributed by atoms with Gasteiger partial charge >= 0.3 is 6.18 Å². The summed E-state index contributed by atoms with van der Waals surface area (Å²) >= 11 is 0. The highest BCUT2D eigenvalue weighted by atomic mass is 19.4. The number of anilines is 1. The molecule has 0 bridgehead atoms. The van der Waals surface area contributed by atoms with Gasteiger partial charge in [0.25, 0.3) is 23.6 Å². The van der Waals surface area contributed by atoms with Crippen LogP contribution in [0.5, 0.6) is 5.75 Å². The highest BCUT2D eigenvalue weighted by molar-refractivity contribution is 6.34. The molecule has 5 rings (SSSR count). The number of nitrogens with zero attached hydrogens (tertiary/aromatic N) is 2. The van der Waals surface area contributed by atoms with Crippen molar-refractivity contribution in [2.24, 2.45) is 0 Å². The van der Waals surface area contributed by atoms with E-state index in [0.29, 0.717) is 5.56 Å². The molecule has 4 amide bonds. The monoisotopic (exact) mass is 508 g/mol. The maximum absolute atomic E-state index is 14.7. The van der Waals surface area contributed by atoms with E-state index in [-0.39, 0.29) is 44.8 Å². The Morgan fingerprint density at radius 2 is 1.19 bits per heavy atom. The first-order chi connectivity index (χ1) is 17.3. The van der Waals surface area contributed by atoms with Crippen LogP contribution in [0, 0.1) is 6.92 Å². The first kappa shape index (κ1) is 24.2. The molecule has 0 fully saturated rings. The standard InChI is InChI=1S/C27H19F3N2O5/c1-13-4-7-16(12-21(13)33)32-24(36)18-9-6-15(11-20(18)25(32)37)26(2,27(28,29)30)14-5-8-17-19(10-14)23(35)31(3)22(17)34/h4-12,33H,1-3H3. The van der Waals surface area contributed by atoms with Gasteiger partial charge < -0.3 is 5.11 Å². The number of hydrogen-bond acceptors (Lipinski definition) is 5. The van der Waals surface area contributed by atoms with Gasteiger partial charge in [-0.2, -0.15) is 13.2 Å². The van der Waals surface area contributed by atoms with Gasteiger partial charge in [-0.25, -0.2) is 4.90 Å². The number of alkyl halides is 3. The molecule has 2 aliphatic heterocycles. The molecule has 10 heteroatoms. The van der Waals surface area contributed by atoms with E-state index in [2.05, 4.69) is 0 Å². The van der Waals surface area contributed by atoms with Gasteiger partial charge in [0.15, 0.2) is 0 Å². The Morgan fingerprint density at radius 3 is 1.73 bits per heavy atom. The molecule has 2 heterocycles. The predicted octanol–water partition coefficient (Wildman–Crippen LogP) is 4.60. The fraction of sp³-hybridized carbons (Fsp3) is 0.185. The van der Waals surface area contributed by atoms with E-state index >= 15 is 0 Å². The molecule has 188 valence electrons. The molecule has 3 aromatic carbocycles. The fourth-order valence-corrected chi connectivity index (χ4v) is 4.69. The van der Waals surface area contributed by atoms with Gasteiger partial charge in [-0.05, 0) is 60.9 Å². The van der Waals surface area contributed by atoms with Gasteiger partial charge in [-0.15, -0.1) is 0 Å². The molecule has 0 spiro atoms. The molecule has 2 aliphatic rings. The van der Waals surface area contributed by atoms with E-state index in [0.717, 1.165) is 41.0 Å². The van der Waals surface area contributed by atoms with E-state index in [1.165, 1.54) is 37.4 Å². The summed E-state index contributed by atoms with van der Waals surface area (Å²) < 4.78 is 44.0. The van der Waals surface area contributed by atoms with E-state index in [1.807, 2.05) is 0 Å². The van der Waals surface area contributed by atoms with Crippen molar-refractivity contribution in [3.63, 3.8) is 0 Å². The van der Waals surface area contributed by atoms with Crippen molar-refractivity contribution in [3.8, 4) is 5.75 Å². The van der Waals surface area contributed by atoms with Crippen molar-refractivity contribution in [2.75, 3.05) is 11.9 Å². The van der Waals surface area contributed by atoms with Crippen molar-refractivity contribution in [3.05, 3.63) is 93.5 Å². The summed E-state index contributed by atoms with van der Waals surface area (Å²) in [5.74, 6) is -3.02. The molecule has 37 heavy (non-hydrogen) atoms. The van der Waals surface area contributed by atoms with E-state index < -0.39 is 35.2 Å². The summed E-state index contributed by atoms with van der Waals surface area (Å²) in [5, 5.41) is 10.0. The summed E-state index contributed by atoms with van der Waals surface area (Å²) in [6, 6.07) is 10.9. The van der Waals surface area contributed by atoms with Crippen LogP contribution in [0.1, 0.15) is 65.0 Å². The number of benzene rings is 3. The second kappa shape index (κ2) is 7.76. The van der Waals surface area contributed by atoms with Gasteiger partial charge in [0, 0.05) is 13.1 Å². The normalized spacial score (nSPS) is 16.8. The van der Waals surface area contributed by atoms with E-state index in [4.69, 9.17) is 0 Å². The summed E-state index contributed by atoms with van der Waals surface area (Å²) in [5.41, 5.74) is -3.12. The number of fused-ring (bicyclic) bond motifs is 2. The maximum Gasteiger partial charge on any atom is 0.402 e. The van der Waals surface area contributed by atoms with Crippen LogP contribution in [0.2, 0.25) is 0 Å². The summed E-state index contributed by atoms with van der Waals surface area (Å²) in [4.78, 5) is 52.5. The molecule has 7 nitrogen and oxygen atoms in total. The quantitative estimate of drug-likeness (QED) is 0.522. The number of phenols is 1. The zero-order chi connectivity index (χ0) is 27.0. The second-order valence-electron chi connectivity index (χ2n) is 9.23. The lowest BCUT2D eigenvalue weighted by molar-refractivity contribution is -0.173. The minimum Gasteiger partial charge on any atom is -0.508 e. The van der Waals surface area contributed by atoms with Crippen LogP contribution in [0.4, 0.5) is 18.9 Å². The third-order valence-corrected chi connectivity index (χ3v) is 7.15. The van der Waals surface area contributed by atoms with Crippen LogP contribution >= 0.6 is 0 Å². The number of rotatable bonds is 3. The highest BCUT2D eigenvalue weighted by Gasteiger charge is 2.54. The topological polar surface area (TPSA) is 95.0 Å². The Kier molecular flexibility index (Phi) is 5.08. The number of amides is 4. The molecule has 0 saturated carbocycles. The van der Waals surface area contributed by atoms with Crippen LogP contribution in [0.15, 0.2) is 54.6 Å². The van der Waals surface area contributed by atoms with Crippen molar-refractivity contribution >= 4 is 29.3 Å². The third-order valence-electron chi connectivity index (χ3n) is 7.15. The summed E-state index contributed by atoms with van der Waals surface area (Å²) in [6.07, 6.45) is -4.87. The first-order valence-electron chi connectivity index (χ1n) is 11.1. The smallest absolute Gasteiger partial charge is 0.402 e. The Morgan fingerprint density at radius 1 is 0.703 bits per heavy atom. The van der Waals surface area contributed by atoms with Crippen molar-refractivity contribution in [1.29, 1.82) is 0 Å². The lowest BCUT2D eigenvalue weighted by Crippen LogP contribution is -2.41. The number of hydrogen-bond donors (Lipinski definition) is 1. The number of phenolic OH excluding ortho intramolecular Hbond substituents is 1. The predicted molar refractivity (Wildman–Crippen MR) is 126 cm³/mol. The third kappa shape index (κ3) is 3.28. The molecule has 3 aromatic rings. The van der Waals surface area contributed by atoms with Crippen LogP contribution in [-0.2, 0) is 5.41 Å². The average Bonchev–Trinajstić information content (AvgIpc) is 3.23. The zero-order valence-electron chi connectivity index (χ0n) is 19.8. The number of aryl methyl sites for hydroxylation is 1.